The minimum absolute atomic E-state index is 0.0519. The summed E-state index contributed by atoms with van der Waals surface area (Å²) in [6.45, 7) is 3.90. The molecule has 0 radical (unpaired) electrons. The van der Waals surface area contributed by atoms with Gasteiger partial charge in [-0.2, -0.15) is 5.26 Å². The van der Waals surface area contributed by atoms with Crippen molar-refractivity contribution in [2.75, 3.05) is 4.90 Å². The Bertz CT molecular complexity index is 1270. The number of rotatable bonds is 3. The molecule has 2 aliphatic rings. The Balaban J connectivity index is 2.03. The summed E-state index contributed by atoms with van der Waals surface area (Å²) in [6, 6.07) is 12.2. The molecule has 2 aromatic carbocycles. The Morgan fingerprint density at radius 2 is 1.97 bits per heavy atom. The number of nitriles is 1. The van der Waals surface area contributed by atoms with Crippen LogP contribution in [0, 0.1) is 35.3 Å². The number of non-ortho nitro benzene ring substituents is 1. The van der Waals surface area contributed by atoms with Crippen LogP contribution in [0.1, 0.15) is 41.9 Å². The summed E-state index contributed by atoms with van der Waals surface area (Å²) in [7, 11) is 0. The second-order valence-corrected chi connectivity index (χ2v) is 8.48. The number of Topliss-reactive ketones (excluding diaryl/α,β-unsaturated/α-hetero) is 1. The molecule has 162 valence electrons. The van der Waals surface area contributed by atoms with E-state index in [0.717, 1.165) is 16.7 Å². The Morgan fingerprint density at radius 1 is 1.22 bits per heavy atom. The van der Waals surface area contributed by atoms with E-state index in [1.807, 2.05) is 32.0 Å². The number of hydrogen-bond acceptors (Lipinski definition) is 6. The molecule has 1 unspecified atom stereocenters. The van der Waals surface area contributed by atoms with Gasteiger partial charge in [-0.3, -0.25) is 19.8 Å². The molecule has 1 heterocycles. The summed E-state index contributed by atoms with van der Waals surface area (Å²) in [5, 5.41) is 21.7. The van der Waals surface area contributed by atoms with Gasteiger partial charge in [-0.25, -0.2) is 0 Å². The molecule has 2 N–H and O–H groups in total. The summed E-state index contributed by atoms with van der Waals surface area (Å²) >= 11 is 6.42. The standard InChI is InChI=1S/C24H21ClN4O3/c1-13-6-7-14(2)16(10-13)22-17(12-26)24(27)28(19-4-3-5-21(30)23(19)22)20-11-15(29(31)32)8-9-18(20)25/h6-11,22H,3-5,27H2,1-2H3. The van der Waals surface area contributed by atoms with Gasteiger partial charge in [0, 0.05) is 29.8 Å². The number of ketones is 1. The van der Waals surface area contributed by atoms with Crippen LogP contribution in [-0.2, 0) is 4.79 Å². The molecular weight excluding hydrogens is 428 g/mol. The molecular formula is C24H21ClN4O3. The number of allylic oxidation sites excluding steroid dienone is 3. The number of carbonyl (C=O) groups is 1. The lowest BCUT2D eigenvalue weighted by Gasteiger charge is -2.40. The molecule has 32 heavy (non-hydrogen) atoms. The zero-order valence-electron chi connectivity index (χ0n) is 17.7. The van der Waals surface area contributed by atoms with E-state index < -0.39 is 10.8 Å². The number of nitro groups is 1. The summed E-state index contributed by atoms with van der Waals surface area (Å²) in [5.74, 6) is -0.505. The maximum absolute atomic E-state index is 13.2. The number of halogens is 1. The van der Waals surface area contributed by atoms with Crippen molar-refractivity contribution in [1.82, 2.24) is 0 Å². The van der Waals surface area contributed by atoms with Gasteiger partial charge >= 0.3 is 0 Å². The fourth-order valence-electron chi connectivity index (χ4n) is 4.53. The molecule has 0 spiro atoms. The topological polar surface area (TPSA) is 113 Å². The molecule has 0 bridgehead atoms. The van der Waals surface area contributed by atoms with Gasteiger partial charge in [0.1, 0.15) is 5.82 Å². The predicted octanol–water partition coefficient (Wildman–Crippen LogP) is 5.17. The Morgan fingerprint density at radius 3 is 2.66 bits per heavy atom. The Kier molecular flexibility index (Phi) is 5.49. The predicted molar refractivity (Wildman–Crippen MR) is 122 cm³/mol. The zero-order chi connectivity index (χ0) is 23.2. The van der Waals surface area contributed by atoms with E-state index in [-0.39, 0.29) is 33.6 Å². The molecule has 0 fully saturated rings. The molecule has 0 saturated heterocycles. The van der Waals surface area contributed by atoms with E-state index in [1.165, 1.54) is 18.2 Å². The van der Waals surface area contributed by atoms with Crippen molar-refractivity contribution in [1.29, 1.82) is 5.26 Å². The number of nitro benzene ring substituents is 1. The third-order valence-corrected chi connectivity index (χ3v) is 6.36. The highest BCUT2D eigenvalue weighted by molar-refractivity contribution is 6.33. The van der Waals surface area contributed by atoms with Crippen molar-refractivity contribution >= 4 is 28.8 Å². The molecule has 8 heteroatoms. The van der Waals surface area contributed by atoms with E-state index in [0.29, 0.717) is 30.5 Å². The van der Waals surface area contributed by atoms with Gasteiger partial charge < -0.3 is 5.73 Å². The highest BCUT2D eigenvalue weighted by atomic mass is 35.5. The lowest BCUT2D eigenvalue weighted by Crippen LogP contribution is -2.39. The second-order valence-electron chi connectivity index (χ2n) is 8.07. The first-order valence-corrected chi connectivity index (χ1v) is 10.6. The summed E-state index contributed by atoms with van der Waals surface area (Å²) in [6.07, 6.45) is 1.53. The van der Waals surface area contributed by atoms with Crippen molar-refractivity contribution in [3.05, 3.63) is 90.9 Å². The largest absolute Gasteiger partial charge is 0.384 e. The molecule has 7 nitrogen and oxygen atoms in total. The van der Waals surface area contributed by atoms with Gasteiger partial charge in [0.15, 0.2) is 5.78 Å². The van der Waals surface area contributed by atoms with E-state index in [1.54, 1.807) is 4.90 Å². The molecule has 1 aliphatic heterocycles. The highest BCUT2D eigenvalue weighted by Gasteiger charge is 2.41. The van der Waals surface area contributed by atoms with Gasteiger partial charge in [-0.15, -0.1) is 0 Å². The van der Waals surface area contributed by atoms with Crippen LogP contribution in [0.5, 0.6) is 0 Å². The number of aryl methyl sites for hydroxylation is 2. The molecule has 0 aromatic heterocycles. The van der Waals surface area contributed by atoms with Gasteiger partial charge in [0.05, 0.1) is 33.2 Å². The number of anilines is 1. The van der Waals surface area contributed by atoms with Crippen LogP contribution in [0.25, 0.3) is 0 Å². The SMILES string of the molecule is Cc1ccc(C)c(C2C(C#N)=C(N)N(c3cc([N+](=O)[O-])ccc3Cl)C3=C2C(=O)CCC3)c1. The Labute approximate surface area is 190 Å². The number of nitrogens with two attached hydrogens (primary N) is 1. The summed E-state index contributed by atoms with van der Waals surface area (Å²) in [5.41, 5.74) is 10.9. The average molecular weight is 449 g/mol. The first-order chi connectivity index (χ1) is 15.2. The van der Waals surface area contributed by atoms with Gasteiger partial charge in [-0.05, 0) is 43.9 Å². The summed E-state index contributed by atoms with van der Waals surface area (Å²) < 4.78 is 0. The molecule has 0 amide bonds. The molecule has 1 atom stereocenters. The van der Waals surface area contributed by atoms with E-state index >= 15 is 0 Å². The van der Waals surface area contributed by atoms with Crippen molar-refractivity contribution in [3.8, 4) is 6.07 Å². The van der Waals surface area contributed by atoms with Gasteiger partial charge in [0.25, 0.3) is 5.69 Å². The monoisotopic (exact) mass is 448 g/mol. The second kappa shape index (κ2) is 8.13. The van der Waals surface area contributed by atoms with Crippen LogP contribution in [0.4, 0.5) is 11.4 Å². The van der Waals surface area contributed by atoms with Crippen molar-refractivity contribution in [3.63, 3.8) is 0 Å². The minimum atomic E-state index is -0.587. The normalized spacial score (nSPS) is 18.5. The van der Waals surface area contributed by atoms with Crippen molar-refractivity contribution < 1.29 is 9.72 Å². The average Bonchev–Trinajstić information content (AvgIpc) is 2.75. The van der Waals surface area contributed by atoms with Crippen LogP contribution in [0.3, 0.4) is 0 Å². The minimum Gasteiger partial charge on any atom is -0.384 e. The van der Waals surface area contributed by atoms with Gasteiger partial charge in [0.2, 0.25) is 0 Å². The zero-order valence-corrected chi connectivity index (χ0v) is 18.4. The third-order valence-electron chi connectivity index (χ3n) is 6.04. The lowest BCUT2D eigenvalue weighted by molar-refractivity contribution is -0.384. The fourth-order valence-corrected chi connectivity index (χ4v) is 4.73. The molecule has 2 aromatic rings. The number of hydrogen-bond donors (Lipinski definition) is 1. The first-order valence-electron chi connectivity index (χ1n) is 10.2. The maximum atomic E-state index is 13.2. The van der Waals surface area contributed by atoms with Crippen LogP contribution in [-0.4, -0.2) is 10.7 Å². The summed E-state index contributed by atoms with van der Waals surface area (Å²) in [4.78, 5) is 25.6. The van der Waals surface area contributed by atoms with E-state index in [2.05, 4.69) is 6.07 Å². The van der Waals surface area contributed by atoms with Crippen molar-refractivity contribution in [2.45, 2.75) is 39.0 Å². The quantitative estimate of drug-likeness (QED) is 0.511. The van der Waals surface area contributed by atoms with Crippen LogP contribution in [0.2, 0.25) is 5.02 Å². The van der Waals surface area contributed by atoms with E-state index in [9.17, 15) is 20.2 Å². The smallest absolute Gasteiger partial charge is 0.271 e. The number of benzene rings is 2. The van der Waals surface area contributed by atoms with Crippen LogP contribution < -0.4 is 10.6 Å². The fraction of sp³-hybridized carbons (Fsp3) is 0.250. The molecule has 1 aliphatic carbocycles. The lowest BCUT2D eigenvalue weighted by atomic mass is 9.74. The Hall–Kier alpha value is -3.63. The molecule has 0 saturated carbocycles. The highest BCUT2D eigenvalue weighted by Crippen LogP contribution is 2.48. The van der Waals surface area contributed by atoms with Crippen LogP contribution >= 0.6 is 11.6 Å². The van der Waals surface area contributed by atoms with E-state index in [4.69, 9.17) is 17.3 Å². The number of nitrogens with zero attached hydrogens (tertiary/aromatic N) is 3. The van der Waals surface area contributed by atoms with Crippen molar-refractivity contribution in [2.24, 2.45) is 5.73 Å². The van der Waals surface area contributed by atoms with Crippen LogP contribution in [0.15, 0.2) is 59.1 Å². The maximum Gasteiger partial charge on any atom is 0.271 e. The number of carbonyl (C=O) groups excluding carboxylic acids is 1. The third kappa shape index (κ3) is 3.43. The van der Waals surface area contributed by atoms with Gasteiger partial charge in [-0.1, -0.05) is 35.4 Å². The first kappa shape index (κ1) is 21.6. The molecule has 4 rings (SSSR count).